The van der Waals surface area contributed by atoms with Crippen molar-refractivity contribution in [3.05, 3.63) is 33.9 Å². The molecule has 1 heterocycles. The molecule has 9 heteroatoms. The minimum absolute atomic E-state index is 0.000958. The summed E-state index contributed by atoms with van der Waals surface area (Å²) < 4.78 is 27.0. The maximum absolute atomic E-state index is 12.9. The molecule has 1 aliphatic heterocycles. The third-order valence-corrected chi connectivity index (χ3v) is 6.39. The van der Waals surface area contributed by atoms with E-state index in [1.165, 1.54) is 29.4 Å². The molecule has 0 aliphatic carbocycles. The summed E-state index contributed by atoms with van der Waals surface area (Å²) >= 11 is 0. The average molecular weight is 341 g/mol. The molecule has 0 spiro atoms. The summed E-state index contributed by atoms with van der Waals surface area (Å²) in [6.07, 6.45) is 1.05. The number of benzene rings is 1. The molecule has 1 aromatic rings. The second kappa shape index (κ2) is 6.25. The monoisotopic (exact) mass is 341 g/mol. The Bertz CT molecular complexity index is 747. The fourth-order valence-corrected chi connectivity index (χ4v) is 4.80. The van der Waals surface area contributed by atoms with E-state index in [9.17, 15) is 23.3 Å². The summed E-state index contributed by atoms with van der Waals surface area (Å²) in [6, 6.07) is 3.66. The Labute approximate surface area is 134 Å². The van der Waals surface area contributed by atoms with Gasteiger partial charge in [0.2, 0.25) is 15.9 Å². The number of hydrogen-bond donors (Lipinski definition) is 1. The van der Waals surface area contributed by atoms with Crippen LogP contribution in [0, 0.1) is 23.0 Å². The van der Waals surface area contributed by atoms with E-state index in [4.69, 9.17) is 5.73 Å². The van der Waals surface area contributed by atoms with E-state index in [-0.39, 0.29) is 28.7 Å². The summed E-state index contributed by atoms with van der Waals surface area (Å²) in [4.78, 5) is 21.7. The predicted octanol–water partition coefficient (Wildman–Crippen LogP) is 1.18. The van der Waals surface area contributed by atoms with Crippen LogP contribution in [-0.2, 0) is 14.8 Å². The highest BCUT2D eigenvalue weighted by Gasteiger charge is 2.38. The van der Waals surface area contributed by atoms with Gasteiger partial charge in [-0.25, -0.2) is 8.42 Å². The Morgan fingerprint density at radius 2 is 2.04 bits per heavy atom. The Morgan fingerprint density at radius 3 is 2.61 bits per heavy atom. The number of carbonyl (C=O) groups excluding carboxylic acids is 1. The van der Waals surface area contributed by atoms with Crippen molar-refractivity contribution in [1.29, 1.82) is 0 Å². The van der Waals surface area contributed by atoms with Crippen LogP contribution >= 0.6 is 0 Å². The molecule has 2 atom stereocenters. The zero-order valence-electron chi connectivity index (χ0n) is 12.9. The minimum atomic E-state index is -3.94. The fourth-order valence-electron chi connectivity index (χ4n) is 2.85. The van der Waals surface area contributed by atoms with Crippen molar-refractivity contribution in [2.24, 2.45) is 11.7 Å². The van der Waals surface area contributed by atoms with Gasteiger partial charge in [0.1, 0.15) is 0 Å². The van der Waals surface area contributed by atoms with Crippen molar-refractivity contribution in [3.8, 4) is 0 Å². The van der Waals surface area contributed by atoms with Crippen LogP contribution in [0.5, 0.6) is 0 Å². The number of nitro benzene ring substituents is 1. The van der Waals surface area contributed by atoms with Gasteiger partial charge in [0.25, 0.3) is 5.69 Å². The highest BCUT2D eigenvalue weighted by atomic mass is 32.2. The first-order valence-electron chi connectivity index (χ1n) is 7.21. The van der Waals surface area contributed by atoms with Crippen molar-refractivity contribution in [2.45, 2.75) is 37.6 Å². The Hall–Kier alpha value is -2.00. The Morgan fingerprint density at radius 1 is 1.39 bits per heavy atom. The second-order valence-corrected chi connectivity index (χ2v) is 7.62. The van der Waals surface area contributed by atoms with Crippen molar-refractivity contribution >= 4 is 21.6 Å². The topological polar surface area (TPSA) is 124 Å². The van der Waals surface area contributed by atoms with E-state index >= 15 is 0 Å². The van der Waals surface area contributed by atoms with Crippen LogP contribution in [0.3, 0.4) is 0 Å². The quantitative estimate of drug-likeness (QED) is 0.650. The summed E-state index contributed by atoms with van der Waals surface area (Å²) in [5.41, 5.74) is 5.14. The van der Waals surface area contributed by atoms with Gasteiger partial charge in [0.15, 0.2) is 0 Å². The molecule has 1 amide bonds. The standard InChI is InChI=1S/C14H19N3O5S/c1-9-6-7-11(14(15)18)8-16(9)23(21,22)13-5-3-4-12(10(13)2)17(19)20/h3-5,9,11H,6-8H2,1-2H3,(H2,15,18). The third kappa shape index (κ3) is 3.20. The van der Waals surface area contributed by atoms with Crippen LogP contribution in [0.15, 0.2) is 23.1 Å². The molecule has 8 nitrogen and oxygen atoms in total. The lowest BCUT2D eigenvalue weighted by atomic mass is 9.95. The van der Waals surface area contributed by atoms with Crippen LogP contribution in [-0.4, -0.2) is 36.1 Å². The smallest absolute Gasteiger partial charge is 0.273 e. The van der Waals surface area contributed by atoms with Gasteiger partial charge in [-0.15, -0.1) is 0 Å². The number of hydrogen-bond acceptors (Lipinski definition) is 5. The molecule has 2 rings (SSSR count). The molecule has 2 unspecified atom stereocenters. The van der Waals surface area contributed by atoms with Gasteiger partial charge in [-0.1, -0.05) is 6.07 Å². The Balaban J connectivity index is 2.47. The molecule has 0 bridgehead atoms. The number of amides is 1. The lowest BCUT2D eigenvalue weighted by Crippen LogP contribution is -2.48. The largest absolute Gasteiger partial charge is 0.369 e. The molecular weight excluding hydrogens is 322 g/mol. The lowest BCUT2D eigenvalue weighted by Gasteiger charge is -2.36. The molecule has 126 valence electrons. The molecule has 0 aromatic heterocycles. The zero-order valence-corrected chi connectivity index (χ0v) is 13.7. The highest BCUT2D eigenvalue weighted by Crippen LogP contribution is 2.32. The predicted molar refractivity (Wildman–Crippen MR) is 83.1 cm³/mol. The molecule has 2 N–H and O–H groups in total. The van der Waals surface area contributed by atoms with Gasteiger partial charge in [0.05, 0.1) is 15.7 Å². The molecule has 1 aliphatic rings. The van der Waals surface area contributed by atoms with E-state index in [0.29, 0.717) is 12.8 Å². The fraction of sp³-hybridized carbons (Fsp3) is 0.500. The van der Waals surface area contributed by atoms with E-state index in [0.717, 1.165) is 0 Å². The number of nitrogens with zero attached hydrogens (tertiary/aromatic N) is 2. The number of carbonyl (C=O) groups is 1. The zero-order chi connectivity index (χ0) is 17.4. The maximum Gasteiger partial charge on any atom is 0.273 e. The summed E-state index contributed by atoms with van der Waals surface area (Å²) in [7, 11) is -3.94. The van der Waals surface area contributed by atoms with Gasteiger partial charge in [0, 0.05) is 24.2 Å². The number of piperidine rings is 1. The number of primary amides is 1. The number of nitro groups is 1. The first-order chi connectivity index (χ1) is 10.7. The molecule has 1 aromatic carbocycles. The normalized spacial score (nSPS) is 22.7. The first kappa shape index (κ1) is 17.4. The van der Waals surface area contributed by atoms with Crippen LogP contribution in [0.2, 0.25) is 0 Å². The molecule has 1 fully saturated rings. The summed E-state index contributed by atoms with van der Waals surface area (Å²) in [5.74, 6) is -1.08. The van der Waals surface area contributed by atoms with Crippen molar-refractivity contribution < 1.29 is 18.1 Å². The number of sulfonamides is 1. The van der Waals surface area contributed by atoms with Gasteiger partial charge in [-0.05, 0) is 32.8 Å². The Kier molecular flexibility index (Phi) is 4.71. The van der Waals surface area contributed by atoms with Gasteiger partial charge < -0.3 is 5.73 Å². The van der Waals surface area contributed by atoms with E-state index in [2.05, 4.69) is 0 Å². The highest BCUT2D eigenvalue weighted by molar-refractivity contribution is 7.89. The van der Waals surface area contributed by atoms with Crippen molar-refractivity contribution in [2.75, 3.05) is 6.54 Å². The summed E-state index contributed by atoms with van der Waals surface area (Å²) in [6.45, 7) is 3.16. The minimum Gasteiger partial charge on any atom is -0.369 e. The second-order valence-electron chi connectivity index (χ2n) is 5.76. The van der Waals surface area contributed by atoms with E-state index in [1.807, 2.05) is 0 Å². The van der Waals surface area contributed by atoms with E-state index in [1.54, 1.807) is 6.92 Å². The molecule has 0 saturated carbocycles. The van der Waals surface area contributed by atoms with Crippen LogP contribution < -0.4 is 5.73 Å². The molecule has 0 radical (unpaired) electrons. The molecular formula is C14H19N3O5S. The molecule has 1 saturated heterocycles. The van der Waals surface area contributed by atoms with Crippen LogP contribution in [0.4, 0.5) is 5.69 Å². The summed E-state index contributed by atoms with van der Waals surface area (Å²) in [5, 5.41) is 11.0. The van der Waals surface area contributed by atoms with Crippen molar-refractivity contribution in [3.63, 3.8) is 0 Å². The van der Waals surface area contributed by atoms with Crippen molar-refractivity contribution in [1.82, 2.24) is 4.31 Å². The third-order valence-electron chi connectivity index (χ3n) is 4.27. The number of rotatable bonds is 4. The van der Waals surface area contributed by atoms with Gasteiger partial charge >= 0.3 is 0 Å². The SMILES string of the molecule is Cc1c([N+](=O)[O-])cccc1S(=O)(=O)N1CC(C(N)=O)CCC1C. The maximum atomic E-state index is 12.9. The van der Waals surface area contributed by atoms with Gasteiger partial charge in [-0.3, -0.25) is 14.9 Å². The average Bonchev–Trinajstić information content (AvgIpc) is 2.46. The molecule has 23 heavy (non-hydrogen) atoms. The van der Waals surface area contributed by atoms with Crippen LogP contribution in [0.1, 0.15) is 25.3 Å². The van der Waals surface area contributed by atoms with Crippen LogP contribution in [0.25, 0.3) is 0 Å². The lowest BCUT2D eigenvalue weighted by molar-refractivity contribution is -0.385. The van der Waals surface area contributed by atoms with E-state index < -0.39 is 26.8 Å². The number of nitrogens with two attached hydrogens (primary N) is 1. The first-order valence-corrected chi connectivity index (χ1v) is 8.65. The van der Waals surface area contributed by atoms with Gasteiger partial charge in [-0.2, -0.15) is 4.31 Å².